The van der Waals surface area contributed by atoms with E-state index < -0.39 is 22.8 Å². The number of hydrogen-bond acceptors (Lipinski definition) is 6. The summed E-state index contributed by atoms with van der Waals surface area (Å²) in [6.07, 6.45) is 12.1. The highest BCUT2D eigenvalue weighted by Crippen LogP contribution is 2.37. The van der Waals surface area contributed by atoms with Gasteiger partial charge in [0.05, 0.1) is 18.5 Å². The van der Waals surface area contributed by atoms with E-state index in [9.17, 15) is 33.3 Å². The quantitative estimate of drug-likeness (QED) is 0.0334. The SMILES string of the molecule is O=P(O)(O)CCC[n+]1ccc(-c2ccc(-c3ccc(-c4nc(-c5ccc(-c6cc[n+](CCCP(=O)(O)O)cc6)cc5)nc(-c5ccc(-c6cc[n+](CCCP(=O)(O)O)cc6)cc5)n4)cc3)cc2)cc1. The average molecular weight is 986 g/mol. The zero-order valence-corrected chi connectivity index (χ0v) is 40.1. The molecule has 352 valence electrons. The average Bonchev–Trinajstić information content (AvgIpc) is 3.34. The summed E-state index contributed by atoms with van der Waals surface area (Å²) >= 11 is 0. The van der Waals surface area contributed by atoms with Gasteiger partial charge in [-0.1, -0.05) is 97.1 Å². The van der Waals surface area contributed by atoms with Gasteiger partial charge in [-0.25, -0.2) is 28.7 Å². The van der Waals surface area contributed by atoms with Crippen LogP contribution in [0, 0.1) is 0 Å². The molecule has 0 unspecified atom stereocenters. The van der Waals surface area contributed by atoms with E-state index in [-0.39, 0.29) is 18.5 Å². The molecule has 0 aliphatic heterocycles. The Balaban J connectivity index is 1.03. The normalized spacial score (nSPS) is 12.0. The maximum atomic E-state index is 11.3. The maximum Gasteiger partial charge on any atom is 0.325 e. The van der Waals surface area contributed by atoms with Crippen LogP contribution in [-0.4, -0.2) is 62.8 Å². The Morgan fingerprint density at radius 2 is 0.464 bits per heavy atom. The number of pyridine rings is 3. The first-order valence-corrected chi connectivity index (χ1v) is 27.7. The zero-order valence-electron chi connectivity index (χ0n) is 37.5. The highest BCUT2D eigenvalue weighted by atomic mass is 31.2. The Hall–Kier alpha value is -6.21. The number of hydrogen-bond donors (Lipinski definition) is 6. The second-order valence-corrected chi connectivity index (χ2v) is 22.1. The van der Waals surface area contributed by atoms with Crippen molar-refractivity contribution >= 4 is 22.8 Å². The van der Waals surface area contributed by atoms with Crippen LogP contribution in [0.2, 0.25) is 0 Å². The molecule has 15 nitrogen and oxygen atoms in total. The lowest BCUT2D eigenvalue weighted by atomic mass is 10.00. The Morgan fingerprint density at radius 1 is 0.290 bits per heavy atom. The molecule has 0 radical (unpaired) electrons. The van der Waals surface area contributed by atoms with E-state index >= 15 is 0 Å². The van der Waals surface area contributed by atoms with Crippen LogP contribution in [0.3, 0.4) is 0 Å². The molecule has 0 fully saturated rings. The first-order chi connectivity index (χ1) is 33.0. The Bertz CT molecular complexity index is 3010. The molecule has 18 heteroatoms. The van der Waals surface area contributed by atoms with E-state index in [1.807, 2.05) is 160 Å². The van der Waals surface area contributed by atoms with Crippen molar-refractivity contribution < 1.29 is 56.8 Å². The van der Waals surface area contributed by atoms with Gasteiger partial charge >= 0.3 is 22.8 Å². The van der Waals surface area contributed by atoms with Crippen LogP contribution in [0.25, 0.3) is 78.7 Å². The fourth-order valence-electron chi connectivity index (χ4n) is 7.83. The summed E-state index contributed by atoms with van der Waals surface area (Å²) in [6.45, 7) is 1.51. The van der Waals surface area contributed by atoms with Crippen molar-refractivity contribution in [3.05, 3.63) is 171 Å². The molecule has 0 amide bonds. The van der Waals surface area contributed by atoms with Gasteiger partial charge in [0.2, 0.25) is 0 Å². The number of nitrogens with zero attached hydrogens (tertiary/aromatic N) is 6. The number of aryl methyl sites for hydroxylation is 3. The van der Waals surface area contributed by atoms with E-state index in [0.29, 0.717) is 56.4 Å². The van der Waals surface area contributed by atoms with Gasteiger partial charge in [-0.2, -0.15) is 0 Å². The monoisotopic (exact) mass is 985 g/mol. The van der Waals surface area contributed by atoms with E-state index in [2.05, 4.69) is 24.3 Å². The third-order valence-corrected chi connectivity index (χ3v) is 14.2. The largest absolute Gasteiger partial charge is 0.325 e. The van der Waals surface area contributed by atoms with Gasteiger partial charge in [-0.3, -0.25) is 13.7 Å². The molecule has 0 bridgehead atoms. The number of benzene rings is 4. The predicted octanol–water partition coefficient (Wildman–Crippen LogP) is 8.11. The van der Waals surface area contributed by atoms with Gasteiger partial charge in [0.1, 0.15) is 19.6 Å². The van der Waals surface area contributed by atoms with Crippen LogP contribution in [0.5, 0.6) is 0 Å². The predicted molar refractivity (Wildman–Crippen MR) is 263 cm³/mol. The van der Waals surface area contributed by atoms with Gasteiger partial charge < -0.3 is 29.4 Å². The fourth-order valence-corrected chi connectivity index (χ4v) is 9.49. The summed E-state index contributed by atoms with van der Waals surface area (Å²) in [4.78, 5) is 70.1. The fraction of sp³-hybridized carbons (Fsp3) is 0.176. The molecule has 0 saturated carbocycles. The van der Waals surface area contributed by atoms with E-state index in [4.69, 9.17) is 24.7 Å². The van der Waals surface area contributed by atoms with Crippen molar-refractivity contribution in [2.45, 2.75) is 38.9 Å². The lowest BCUT2D eigenvalue weighted by Crippen LogP contribution is -2.32. The van der Waals surface area contributed by atoms with Crippen molar-refractivity contribution in [2.75, 3.05) is 18.5 Å². The van der Waals surface area contributed by atoms with Gasteiger partial charge in [0.25, 0.3) is 0 Å². The molecule has 69 heavy (non-hydrogen) atoms. The second kappa shape index (κ2) is 21.6. The third-order valence-electron chi connectivity index (χ3n) is 11.6. The van der Waals surface area contributed by atoms with Crippen LogP contribution < -0.4 is 13.7 Å². The van der Waals surface area contributed by atoms with Crippen molar-refractivity contribution in [1.29, 1.82) is 0 Å². The molecular formula is C51H52N6O9P3+3. The van der Waals surface area contributed by atoms with Crippen LogP contribution in [0.1, 0.15) is 19.3 Å². The molecule has 8 aromatic rings. The number of aromatic nitrogens is 6. The summed E-state index contributed by atoms with van der Waals surface area (Å²) in [7, 11) is -12.1. The molecule has 0 atom stereocenters. The minimum Gasteiger partial charge on any atom is -0.324 e. The zero-order chi connectivity index (χ0) is 48.6. The van der Waals surface area contributed by atoms with Crippen LogP contribution in [0.4, 0.5) is 0 Å². The molecular weight excluding hydrogens is 934 g/mol. The highest BCUT2D eigenvalue weighted by molar-refractivity contribution is 7.52. The smallest absolute Gasteiger partial charge is 0.324 e. The molecule has 0 saturated heterocycles. The van der Waals surface area contributed by atoms with Crippen molar-refractivity contribution in [2.24, 2.45) is 0 Å². The van der Waals surface area contributed by atoms with Gasteiger partial charge in [-0.05, 0) is 44.5 Å². The lowest BCUT2D eigenvalue weighted by molar-refractivity contribution is -0.696. The van der Waals surface area contributed by atoms with E-state index in [1.54, 1.807) is 0 Å². The minimum atomic E-state index is -4.04. The van der Waals surface area contributed by atoms with Crippen LogP contribution in [0.15, 0.2) is 171 Å². The summed E-state index contributed by atoms with van der Waals surface area (Å²) in [6, 6.07) is 44.2. The van der Waals surface area contributed by atoms with Crippen LogP contribution >= 0.6 is 22.8 Å². The first-order valence-electron chi connectivity index (χ1n) is 22.3. The van der Waals surface area contributed by atoms with Gasteiger partial charge in [0, 0.05) is 72.4 Å². The Kier molecular flexibility index (Phi) is 15.4. The third kappa shape index (κ3) is 14.2. The molecule has 0 aliphatic rings. The van der Waals surface area contributed by atoms with Crippen LogP contribution in [-0.2, 0) is 33.3 Å². The van der Waals surface area contributed by atoms with E-state index in [0.717, 1.165) is 61.2 Å². The Labute approximate surface area is 399 Å². The molecule has 0 spiro atoms. The summed E-state index contributed by atoms with van der Waals surface area (Å²) in [5.41, 5.74) is 10.5. The summed E-state index contributed by atoms with van der Waals surface area (Å²) < 4.78 is 39.5. The molecule has 0 aliphatic carbocycles. The second-order valence-electron chi connectivity index (χ2n) is 16.8. The van der Waals surface area contributed by atoms with Gasteiger partial charge in [0.15, 0.2) is 54.7 Å². The highest BCUT2D eigenvalue weighted by Gasteiger charge is 2.18. The number of rotatable bonds is 19. The van der Waals surface area contributed by atoms with E-state index in [1.165, 1.54) is 0 Å². The van der Waals surface area contributed by atoms with Crippen molar-refractivity contribution in [3.63, 3.8) is 0 Å². The van der Waals surface area contributed by atoms with Crippen molar-refractivity contribution in [3.8, 4) is 78.7 Å². The Morgan fingerprint density at radius 3 is 0.652 bits per heavy atom. The minimum absolute atomic E-state index is 0.144. The molecule has 6 N–H and O–H groups in total. The lowest BCUT2D eigenvalue weighted by Gasteiger charge is -2.10. The van der Waals surface area contributed by atoms with Gasteiger partial charge in [-0.15, -0.1) is 0 Å². The molecule has 4 aromatic heterocycles. The molecule has 4 aromatic carbocycles. The molecule has 8 rings (SSSR count). The topological polar surface area (TPSA) is 223 Å². The maximum absolute atomic E-state index is 11.3. The summed E-state index contributed by atoms with van der Waals surface area (Å²) in [5, 5.41) is 0. The van der Waals surface area contributed by atoms with Crippen molar-refractivity contribution in [1.82, 2.24) is 15.0 Å². The molecule has 4 heterocycles. The summed E-state index contributed by atoms with van der Waals surface area (Å²) in [5.74, 6) is 1.51. The first kappa shape index (κ1) is 49.2. The standard InChI is InChI=1S/C51H49N6O9P3/c58-67(59,60)35-1-26-55-29-20-43(21-30-55)40-6-4-38(5-7-40)39-8-14-46(15-9-39)49-52-50(47-16-10-41(11-17-47)44-22-31-56(32-23-44)27-2-36-68(61,62)63)54-51(53-49)48-18-12-42(13-19-48)45-24-33-57(34-25-45)28-3-37-69(64,65)66/h4-25,29-34H,1-3,26-28,35-37H2,(H3-3,58,59,60,61,62,63,64,65,66)/p+3.